The molecule has 5 nitrogen and oxygen atoms in total. The lowest BCUT2D eigenvalue weighted by Gasteiger charge is -2.05. The number of ether oxygens (including phenoxy) is 1. The van der Waals surface area contributed by atoms with Gasteiger partial charge in [-0.05, 0) is 24.1 Å². The minimum Gasteiger partial charge on any atom is -0.497 e. The third-order valence-corrected chi connectivity index (χ3v) is 3.69. The van der Waals surface area contributed by atoms with Crippen LogP contribution in [0.3, 0.4) is 0 Å². The van der Waals surface area contributed by atoms with Gasteiger partial charge in [0.1, 0.15) is 16.5 Å². The number of carbonyl (C=O) groups excluding carboxylic acids is 1. The van der Waals surface area contributed by atoms with E-state index in [0.717, 1.165) is 22.7 Å². The Morgan fingerprint density at radius 1 is 1.38 bits per heavy atom. The fourth-order valence-corrected chi connectivity index (χ4v) is 2.37. The standard InChI is InChI=1S/C14H17N3O2S.ClH/c1-19-11-4-2-10(3-5-11)6-7-16-14(18)12-9-20-13(8-15)17-12;/h2-5,9H,6-8,15H2,1H3,(H,16,18);1H. The van der Waals surface area contributed by atoms with Crippen molar-refractivity contribution in [3.8, 4) is 5.75 Å². The summed E-state index contributed by atoms with van der Waals surface area (Å²) < 4.78 is 5.10. The first-order valence-electron chi connectivity index (χ1n) is 6.28. The van der Waals surface area contributed by atoms with E-state index in [2.05, 4.69) is 10.3 Å². The van der Waals surface area contributed by atoms with E-state index in [0.29, 0.717) is 18.8 Å². The minimum atomic E-state index is -0.158. The van der Waals surface area contributed by atoms with Crippen LogP contribution in [-0.4, -0.2) is 24.5 Å². The van der Waals surface area contributed by atoms with Crippen molar-refractivity contribution in [2.45, 2.75) is 13.0 Å². The van der Waals surface area contributed by atoms with Crippen molar-refractivity contribution in [3.05, 3.63) is 45.9 Å². The van der Waals surface area contributed by atoms with Gasteiger partial charge in [-0.2, -0.15) is 0 Å². The van der Waals surface area contributed by atoms with E-state index in [1.807, 2.05) is 24.3 Å². The predicted molar refractivity (Wildman–Crippen MR) is 86.3 cm³/mol. The molecule has 0 atom stereocenters. The average molecular weight is 328 g/mol. The first-order valence-corrected chi connectivity index (χ1v) is 7.16. The topological polar surface area (TPSA) is 77.2 Å². The van der Waals surface area contributed by atoms with Crippen molar-refractivity contribution in [2.24, 2.45) is 5.73 Å². The summed E-state index contributed by atoms with van der Waals surface area (Å²) in [4.78, 5) is 16.0. The molecule has 1 aromatic carbocycles. The molecule has 7 heteroatoms. The molecule has 0 unspecified atom stereocenters. The van der Waals surface area contributed by atoms with E-state index in [-0.39, 0.29) is 18.3 Å². The summed E-state index contributed by atoms with van der Waals surface area (Å²) in [5, 5.41) is 5.34. The van der Waals surface area contributed by atoms with E-state index in [1.54, 1.807) is 12.5 Å². The van der Waals surface area contributed by atoms with Crippen LogP contribution in [0, 0.1) is 0 Å². The van der Waals surface area contributed by atoms with Crippen molar-refractivity contribution >= 4 is 29.7 Å². The van der Waals surface area contributed by atoms with Gasteiger partial charge in [0, 0.05) is 18.5 Å². The van der Waals surface area contributed by atoms with Crippen LogP contribution in [0.25, 0.3) is 0 Å². The summed E-state index contributed by atoms with van der Waals surface area (Å²) in [6.45, 7) is 0.935. The summed E-state index contributed by atoms with van der Waals surface area (Å²) in [7, 11) is 1.64. The van der Waals surface area contributed by atoms with E-state index < -0.39 is 0 Å². The maximum Gasteiger partial charge on any atom is 0.270 e. The fraction of sp³-hybridized carbons (Fsp3) is 0.286. The number of nitrogens with one attached hydrogen (secondary N) is 1. The fourth-order valence-electron chi connectivity index (χ4n) is 1.71. The molecule has 0 saturated carbocycles. The number of amides is 1. The summed E-state index contributed by atoms with van der Waals surface area (Å²) >= 11 is 1.40. The highest BCUT2D eigenvalue weighted by Gasteiger charge is 2.09. The monoisotopic (exact) mass is 327 g/mol. The van der Waals surface area contributed by atoms with Crippen LogP contribution in [0.5, 0.6) is 5.75 Å². The maximum absolute atomic E-state index is 11.8. The Hall–Kier alpha value is -1.63. The van der Waals surface area contributed by atoms with Crippen molar-refractivity contribution in [1.29, 1.82) is 0 Å². The smallest absolute Gasteiger partial charge is 0.270 e. The molecule has 3 N–H and O–H groups in total. The molecule has 0 aliphatic rings. The van der Waals surface area contributed by atoms with Gasteiger partial charge in [-0.3, -0.25) is 4.79 Å². The number of benzene rings is 1. The number of rotatable bonds is 6. The first kappa shape index (κ1) is 17.4. The molecule has 21 heavy (non-hydrogen) atoms. The summed E-state index contributed by atoms with van der Waals surface area (Å²) in [6, 6.07) is 7.79. The van der Waals surface area contributed by atoms with Crippen LogP contribution in [0.2, 0.25) is 0 Å². The molecule has 2 aromatic rings. The van der Waals surface area contributed by atoms with Gasteiger partial charge in [0.25, 0.3) is 5.91 Å². The second-order valence-corrected chi connectivity index (χ2v) is 5.13. The lowest BCUT2D eigenvalue weighted by atomic mass is 10.1. The summed E-state index contributed by atoms with van der Waals surface area (Å²) in [5.74, 6) is 0.670. The minimum absolute atomic E-state index is 0. The molecule has 114 valence electrons. The van der Waals surface area contributed by atoms with E-state index in [4.69, 9.17) is 10.5 Å². The number of carbonyl (C=O) groups is 1. The Balaban J connectivity index is 0.00000220. The molecule has 1 aromatic heterocycles. The molecule has 0 bridgehead atoms. The number of halogens is 1. The lowest BCUT2D eigenvalue weighted by Crippen LogP contribution is -2.26. The molecule has 0 spiro atoms. The van der Waals surface area contributed by atoms with Crippen molar-refractivity contribution in [3.63, 3.8) is 0 Å². The molecule has 1 amide bonds. The van der Waals surface area contributed by atoms with Crippen LogP contribution in [0.4, 0.5) is 0 Å². The van der Waals surface area contributed by atoms with Crippen molar-refractivity contribution in [2.75, 3.05) is 13.7 Å². The third-order valence-electron chi connectivity index (χ3n) is 2.82. The van der Waals surface area contributed by atoms with Gasteiger partial charge in [-0.1, -0.05) is 12.1 Å². The number of nitrogens with zero attached hydrogens (tertiary/aromatic N) is 1. The zero-order valence-electron chi connectivity index (χ0n) is 11.7. The molecule has 2 rings (SSSR count). The van der Waals surface area contributed by atoms with Gasteiger partial charge < -0.3 is 15.8 Å². The molecular weight excluding hydrogens is 310 g/mol. The number of hydrogen-bond acceptors (Lipinski definition) is 5. The number of methoxy groups -OCH3 is 1. The van der Waals surface area contributed by atoms with E-state index in [9.17, 15) is 4.79 Å². The quantitative estimate of drug-likeness (QED) is 0.850. The van der Waals surface area contributed by atoms with Crippen molar-refractivity contribution < 1.29 is 9.53 Å². The molecule has 0 fully saturated rings. The molecule has 0 radical (unpaired) electrons. The zero-order chi connectivity index (χ0) is 14.4. The van der Waals surface area contributed by atoms with Gasteiger partial charge in [0.05, 0.1) is 7.11 Å². The highest BCUT2D eigenvalue weighted by Crippen LogP contribution is 2.11. The molecule has 0 aliphatic carbocycles. The first-order chi connectivity index (χ1) is 9.72. The summed E-state index contributed by atoms with van der Waals surface area (Å²) in [6.07, 6.45) is 0.767. The van der Waals surface area contributed by atoms with Gasteiger partial charge in [0.2, 0.25) is 0 Å². The lowest BCUT2D eigenvalue weighted by molar-refractivity contribution is 0.0949. The highest BCUT2D eigenvalue weighted by molar-refractivity contribution is 7.09. The van der Waals surface area contributed by atoms with Gasteiger partial charge >= 0.3 is 0 Å². The van der Waals surface area contributed by atoms with E-state index in [1.165, 1.54) is 11.3 Å². The largest absolute Gasteiger partial charge is 0.497 e. The third kappa shape index (κ3) is 5.00. The van der Waals surface area contributed by atoms with Crippen LogP contribution in [0.15, 0.2) is 29.6 Å². The number of aromatic nitrogens is 1. The zero-order valence-corrected chi connectivity index (χ0v) is 13.3. The maximum atomic E-state index is 11.8. The van der Waals surface area contributed by atoms with Crippen LogP contribution in [-0.2, 0) is 13.0 Å². The number of hydrogen-bond donors (Lipinski definition) is 2. The molecule has 0 aliphatic heterocycles. The van der Waals surface area contributed by atoms with Gasteiger partial charge in [0.15, 0.2) is 0 Å². The highest BCUT2D eigenvalue weighted by atomic mass is 35.5. The molecular formula is C14H18ClN3O2S. The number of nitrogens with two attached hydrogens (primary N) is 1. The van der Waals surface area contributed by atoms with Crippen molar-refractivity contribution in [1.82, 2.24) is 10.3 Å². The molecule has 0 saturated heterocycles. The Bertz CT molecular complexity index is 572. The van der Waals surface area contributed by atoms with Gasteiger partial charge in [-0.25, -0.2) is 4.98 Å². The Kier molecular flexibility index (Phi) is 7.14. The van der Waals surface area contributed by atoms with Gasteiger partial charge in [-0.15, -0.1) is 23.7 Å². The molecule has 1 heterocycles. The van der Waals surface area contributed by atoms with Crippen LogP contribution in [0.1, 0.15) is 21.1 Å². The SMILES string of the molecule is COc1ccc(CCNC(=O)c2csc(CN)n2)cc1.Cl. The van der Waals surface area contributed by atoms with Crippen LogP contribution < -0.4 is 15.8 Å². The van der Waals surface area contributed by atoms with E-state index >= 15 is 0 Å². The van der Waals surface area contributed by atoms with Crippen LogP contribution >= 0.6 is 23.7 Å². The Morgan fingerprint density at radius 2 is 2.10 bits per heavy atom. The normalized spacial score (nSPS) is 9.81. The Labute approximate surface area is 133 Å². The Morgan fingerprint density at radius 3 is 2.67 bits per heavy atom. The predicted octanol–water partition coefficient (Wildman–Crippen LogP) is 2.00. The summed E-state index contributed by atoms with van der Waals surface area (Å²) in [5.41, 5.74) is 7.05. The number of thiazole rings is 1. The second-order valence-electron chi connectivity index (χ2n) is 4.18. The second kappa shape index (κ2) is 8.61. The average Bonchev–Trinajstić information content (AvgIpc) is 2.97.